The van der Waals surface area contributed by atoms with Crippen molar-refractivity contribution in [2.24, 2.45) is 10.4 Å². The maximum Gasteiger partial charge on any atom is 0.193 e. The Morgan fingerprint density at radius 3 is 2.60 bits per heavy atom. The van der Waals surface area contributed by atoms with E-state index in [-0.39, 0.29) is 24.0 Å². The number of guanidine groups is 1. The standard InChI is InChI=1S/C19H25N5.HI/c1-20-18(23-13-10-19(15-23)8-2-9-19)21-14-16-4-6-17(7-5-16)24-12-3-11-22-24;/h3-7,11-12H,2,8-10,13-15H2,1H3,(H,20,21);1H. The number of rotatable bonds is 3. The lowest BCUT2D eigenvalue weighted by molar-refractivity contribution is 0.151. The molecule has 1 aliphatic heterocycles. The molecule has 2 heterocycles. The molecule has 5 nitrogen and oxygen atoms in total. The second kappa shape index (κ2) is 7.76. The van der Waals surface area contributed by atoms with Crippen molar-refractivity contribution < 1.29 is 0 Å². The summed E-state index contributed by atoms with van der Waals surface area (Å²) in [7, 11) is 1.88. The molecule has 1 saturated heterocycles. The van der Waals surface area contributed by atoms with Crippen LogP contribution in [-0.2, 0) is 6.54 Å². The third kappa shape index (κ3) is 3.83. The van der Waals surface area contributed by atoms with Crippen LogP contribution in [0.25, 0.3) is 5.69 Å². The van der Waals surface area contributed by atoms with Crippen LogP contribution in [0.3, 0.4) is 0 Å². The SMILES string of the molecule is CN=C(NCc1ccc(-n2cccn2)cc1)N1CCC2(CCC2)C1.I. The fourth-order valence-corrected chi connectivity index (χ4v) is 3.90. The summed E-state index contributed by atoms with van der Waals surface area (Å²) in [6, 6.07) is 10.4. The first kappa shape index (κ1) is 18.2. The van der Waals surface area contributed by atoms with E-state index in [1.165, 1.54) is 37.8 Å². The molecule has 2 fully saturated rings. The van der Waals surface area contributed by atoms with Crippen molar-refractivity contribution in [2.45, 2.75) is 32.2 Å². The van der Waals surface area contributed by atoms with Crippen molar-refractivity contribution in [3.8, 4) is 5.69 Å². The third-order valence-electron chi connectivity index (χ3n) is 5.52. The highest BCUT2D eigenvalue weighted by Crippen LogP contribution is 2.47. The van der Waals surface area contributed by atoms with Crippen LogP contribution in [0.1, 0.15) is 31.2 Å². The van der Waals surface area contributed by atoms with Crippen LogP contribution in [0.4, 0.5) is 0 Å². The molecule has 6 heteroatoms. The van der Waals surface area contributed by atoms with Crippen molar-refractivity contribution in [3.05, 3.63) is 48.3 Å². The first-order valence-electron chi connectivity index (χ1n) is 8.83. The van der Waals surface area contributed by atoms with Crippen LogP contribution in [0, 0.1) is 5.41 Å². The normalized spacial score (nSPS) is 18.8. The zero-order chi connectivity index (χ0) is 16.4. The van der Waals surface area contributed by atoms with E-state index in [0.717, 1.165) is 24.7 Å². The summed E-state index contributed by atoms with van der Waals surface area (Å²) >= 11 is 0. The molecule has 25 heavy (non-hydrogen) atoms. The van der Waals surface area contributed by atoms with Crippen LogP contribution >= 0.6 is 24.0 Å². The maximum absolute atomic E-state index is 4.48. The van der Waals surface area contributed by atoms with Crippen molar-refractivity contribution in [1.82, 2.24) is 20.0 Å². The molecule has 1 saturated carbocycles. The Labute approximate surface area is 166 Å². The van der Waals surface area contributed by atoms with E-state index in [1.807, 2.05) is 24.0 Å². The van der Waals surface area contributed by atoms with Gasteiger partial charge in [0.1, 0.15) is 0 Å². The highest BCUT2D eigenvalue weighted by atomic mass is 127. The van der Waals surface area contributed by atoms with Gasteiger partial charge in [-0.3, -0.25) is 4.99 Å². The first-order valence-corrected chi connectivity index (χ1v) is 8.83. The molecule has 0 radical (unpaired) electrons. The quantitative estimate of drug-likeness (QED) is 0.442. The minimum atomic E-state index is 0. The van der Waals surface area contributed by atoms with E-state index < -0.39 is 0 Å². The molecule has 1 aliphatic carbocycles. The van der Waals surface area contributed by atoms with Gasteiger partial charge < -0.3 is 10.2 Å². The molecule has 0 amide bonds. The number of hydrogen-bond donors (Lipinski definition) is 1. The molecule has 1 aromatic carbocycles. The minimum absolute atomic E-state index is 0. The predicted molar refractivity (Wildman–Crippen MR) is 112 cm³/mol. The summed E-state index contributed by atoms with van der Waals surface area (Å²) in [5.74, 6) is 1.04. The van der Waals surface area contributed by atoms with Gasteiger partial charge in [-0.2, -0.15) is 5.10 Å². The van der Waals surface area contributed by atoms with Gasteiger partial charge >= 0.3 is 0 Å². The van der Waals surface area contributed by atoms with Gasteiger partial charge in [-0.1, -0.05) is 18.6 Å². The number of hydrogen-bond acceptors (Lipinski definition) is 2. The number of halogens is 1. The van der Waals surface area contributed by atoms with Gasteiger partial charge in [0.2, 0.25) is 0 Å². The summed E-state index contributed by atoms with van der Waals surface area (Å²) < 4.78 is 1.87. The molecular weight excluding hydrogens is 425 g/mol. The van der Waals surface area contributed by atoms with E-state index in [1.54, 1.807) is 6.20 Å². The number of aliphatic imine (C=N–C) groups is 1. The van der Waals surface area contributed by atoms with Gasteiger partial charge in [0.05, 0.1) is 5.69 Å². The van der Waals surface area contributed by atoms with Gasteiger partial charge in [-0.15, -0.1) is 24.0 Å². The van der Waals surface area contributed by atoms with E-state index in [4.69, 9.17) is 0 Å². The number of nitrogens with one attached hydrogen (secondary N) is 1. The molecule has 1 aromatic heterocycles. The number of aromatic nitrogens is 2. The molecule has 2 aromatic rings. The van der Waals surface area contributed by atoms with Crippen LogP contribution in [0.2, 0.25) is 0 Å². The van der Waals surface area contributed by atoms with Gasteiger partial charge in [-0.05, 0) is 48.4 Å². The van der Waals surface area contributed by atoms with Crippen molar-refractivity contribution >= 4 is 29.9 Å². The summed E-state index contributed by atoms with van der Waals surface area (Å²) in [5, 5.41) is 7.78. The Morgan fingerprint density at radius 2 is 2.04 bits per heavy atom. The van der Waals surface area contributed by atoms with Crippen LogP contribution < -0.4 is 5.32 Å². The number of benzene rings is 1. The van der Waals surface area contributed by atoms with Crippen LogP contribution in [-0.4, -0.2) is 40.8 Å². The molecule has 0 bridgehead atoms. The van der Waals surface area contributed by atoms with Gasteiger partial charge in [-0.25, -0.2) is 4.68 Å². The Kier molecular flexibility index (Phi) is 5.66. The largest absolute Gasteiger partial charge is 0.352 e. The maximum atomic E-state index is 4.48. The Balaban J connectivity index is 0.00000182. The van der Waals surface area contributed by atoms with E-state index in [9.17, 15) is 0 Å². The lowest BCUT2D eigenvalue weighted by atomic mass is 9.68. The van der Waals surface area contributed by atoms with Crippen molar-refractivity contribution in [2.75, 3.05) is 20.1 Å². The molecule has 1 spiro atoms. The molecule has 0 atom stereocenters. The number of nitrogens with zero attached hydrogens (tertiary/aromatic N) is 4. The fourth-order valence-electron chi connectivity index (χ4n) is 3.90. The number of likely N-dealkylation sites (tertiary alicyclic amines) is 1. The lowest BCUT2D eigenvalue weighted by Gasteiger charge is -2.38. The second-order valence-corrected chi connectivity index (χ2v) is 7.04. The average molecular weight is 451 g/mol. The zero-order valence-corrected chi connectivity index (χ0v) is 17.0. The van der Waals surface area contributed by atoms with E-state index in [0.29, 0.717) is 5.41 Å². The van der Waals surface area contributed by atoms with Crippen molar-refractivity contribution in [1.29, 1.82) is 0 Å². The summed E-state index contributed by atoms with van der Waals surface area (Å²) in [5.41, 5.74) is 2.94. The third-order valence-corrected chi connectivity index (χ3v) is 5.52. The second-order valence-electron chi connectivity index (χ2n) is 7.04. The van der Waals surface area contributed by atoms with Crippen molar-refractivity contribution in [3.63, 3.8) is 0 Å². The molecule has 1 N–H and O–H groups in total. The summed E-state index contributed by atoms with van der Waals surface area (Å²) in [6.07, 6.45) is 9.28. The van der Waals surface area contributed by atoms with Gasteiger partial charge in [0, 0.05) is 39.1 Å². The van der Waals surface area contributed by atoms with E-state index >= 15 is 0 Å². The topological polar surface area (TPSA) is 45.5 Å². The summed E-state index contributed by atoms with van der Waals surface area (Å²) in [6.45, 7) is 3.11. The van der Waals surface area contributed by atoms with Crippen LogP contribution in [0.5, 0.6) is 0 Å². The molecule has 134 valence electrons. The monoisotopic (exact) mass is 451 g/mol. The lowest BCUT2D eigenvalue weighted by Crippen LogP contribution is -2.42. The Morgan fingerprint density at radius 1 is 1.24 bits per heavy atom. The molecule has 2 aliphatic rings. The molecule has 0 unspecified atom stereocenters. The average Bonchev–Trinajstić information content (AvgIpc) is 3.26. The molecular formula is C19H26IN5. The smallest absolute Gasteiger partial charge is 0.193 e. The van der Waals surface area contributed by atoms with Gasteiger partial charge in [0.15, 0.2) is 5.96 Å². The minimum Gasteiger partial charge on any atom is -0.352 e. The predicted octanol–water partition coefficient (Wildman–Crippen LogP) is 3.44. The van der Waals surface area contributed by atoms with Gasteiger partial charge in [0.25, 0.3) is 0 Å². The highest BCUT2D eigenvalue weighted by molar-refractivity contribution is 14.0. The Hall–Kier alpha value is -1.57. The molecule has 4 rings (SSSR count). The first-order chi connectivity index (χ1) is 11.8. The van der Waals surface area contributed by atoms with Crippen LogP contribution in [0.15, 0.2) is 47.7 Å². The summed E-state index contributed by atoms with van der Waals surface area (Å²) in [4.78, 5) is 6.91. The fraction of sp³-hybridized carbons (Fsp3) is 0.474. The zero-order valence-electron chi connectivity index (χ0n) is 14.7. The van der Waals surface area contributed by atoms with E-state index in [2.05, 4.69) is 44.6 Å². The Bertz CT molecular complexity index is 704. The highest BCUT2D eigenvalue weighted by Gasteiger charge is 2.43.